The largest absolute Gasteiger partial charge is 0.496 e. The van der Waals surface area contributed by atoms with Crippen LogP contribution in [0, 0.1) is 0 Å². The Hall–Kier alpha value is -0.250. The molecule has 16 heavy (non-hydrogen) atoms. The Morgan fingerprint density at radius 2 is 2.38 bits per heavy atom. The van der Waals surface area contributed by atoms with Crippen molar-refractivity contribution in [1.29, 1.82) is 0 Å². The lowest BCUT2D eigenvalue weighted by atomic mass is 10.0. The van der Waals surface area contributed by atoms with Crippen molar-refractivity contribution in [3.8, 4) is 5.75 Å². The fraction of sp³-hybridized carbons (Fsp3) is 0.500. The first-order valence-corrected chi connectivity index (χ1v) is 6.61. The molecule has 1 aromatic rings. The van der Waals surface area contributed by atoms with Crippen molar-refractivity contribution in [3.63, 3.8) is 0 Å². The molecular weight excluding hydrogens is 291 g/mol. The van der Waals surface area contributed by atoms with E-state index >= 15 is 0 Å². The highest BCUT2D eigenvalue weighted by Crippen LogP contribution is 2.39. The first-order valence-electron chi connectivity index (χ1n) is 5.31. The highest BCUT2D eigenvalue weighted by molar-refractivity contribution is 9.09. The Morgan fingerprint density at radius 3 is 3.00 bits per heavy atom. The lowest BCUT2D eigenvalue weighted by Gasteiger charge is -2.19. The summed E-state index contributed by atoms with van der Waals surface area (Å²) in [7, 11) is 1.67. The maximum atomic E-state index is 6.01. The van der Waals surface area contributed by atoms with Gasteiger partial charge < -0.3 is 9.47 Å². The van der Waals surface area contributed by atoms with Crippen LogP contribution in [0.2, 0.25) is 5.02 Å². The molecule has 2 rings (SSSR count). The number of halogens is 2. The van der Waals surface area contributed by atoms with Crippen LogP contribution < -0.4 is 4.74 Å². The van der Waals surface area contributed by atoms with E-state index in [0.717, 1.165) is 35.8 Å². The standard InChI is InChI=1S/C12H14BrClO2/c1-15-10-5-4-8(14)7-9(10)12(13)11-3-2-6-16-11/h4-5,7,11-12H,2-3,6H2,1H3. The van der Waals surface area contributed by atoms with Crippen molar-refractivity contribution >= 4 is 27.5 Å². The van der Waals surface area contributed by atoms with Gasteiger partial charge in [0, 0.05) is 17.2 Å². The van der Waals surface area contributed by atoms with Crippen LogP contribution in [-0.2, 0) is 4.74 Å². The molecule has 0 saturated carbocycles. The fourth-order valence-corrected chi connectivity index (χ4v) is 2.91. The monoisotopic (exact) mass is 304 g/mol. The van der Waals surface area contributed by atoms with Crippen molar-refractivity contribution in [1.82, 2.24) is 0 Å². The van der Waals surface area contributed by atoms with Gasteiger partial charge in [0.2, 0.25) is 0 Å². The summed E-state index contributed by atoms with van der Waals surface area (Å²) < 4.78 is 11.0. The van der Waals surface area contributed by atoms with E-state index < -0.39 is 0 Å². The van der Waals surface area contributed by atoms with Gasteiger partial charge in [-0.2, -0.15) is 0 Å². The summed E-state index contributed by atoms with van der Waals surface area (Å²) in [6.45, 7) is 0.843. The van der Waals surface area contributed by atoms with Gasteiger partial charge in [0.1, 0.15) is 5.75 Å². The van der Waals surface area contributed by atoms with Gasteiger partial charge in [-0.05, 0) is 31.0 Å². The third-order valence-electron chi connectivity index (χ3n) is 2.78. The number of methoxy groups -OCH3 is 1. The lowest BCUT2D eigenvalue weighted by molar-refractivity contribution is 0.110. The molecule has 1 heterocycles. The molecule has 1 aliphatic rings. The summed E-state index contributed by atoms with van der Waals surface area (Å²) in [5.41, 5.74) is 1.06. The van der Waals surface area contributed by atoms with E-state index in [2.05, 4.69) is 15.9 Å². The molecule has 0 aromatic heterocycles. The predicted molar refractivity (Wildman–Crippen MR) is 68.6 cm³/mol. The molecule has 1 aliphatic heterocycles. The number of ether oxygens (including phenoxy) is 2. The van der Waals surface area contributed by atoms with E-state index in [1.807, 2.05) is 18.2 Å². The third kappa shape index (κ3) is 2.53. The van der Waals surface area contributed by atoms with E-state index in [1.54, 1.807) is 7.11 Å². The molecule has 2 atom stereocenters. The van der Waals surface area contributed by atoms with Crippen molar-refractivity contribution < 1.29 is 9.47 Å². The second-order valence-corrected chi connectivity index (χ2v) is 5.26. The first-order chi connectivity index (χ1) is 7.72. The van der Waals surface area contributed by atoms with Crippen molar-refractivity contribution in [2.24, 2.45) is 0 Å². The zero-order valence-corrected chi connectivity index (χ0v) is 11.4. The van der Waals surface area contributed by atoms with Crippen molar-refractivity contribution in [2.45, 2.75) is 23.8 Å². The molecule has 0 amide bonds. The summed E-state index contributed by atoms with van der Waals surface area (Å²) in [6, 6.07) is 5.65. The Morgan fingerprint density at radius 1 is 1.56 bits per heavy atom. The van der Waals surface area contributed by atoms with E-state index in [0.29, 0.717) is 0 Å². The summed E-state index contributed by atoms with van der Waals surface area (Å²) in [5, 5.41) is 0.721. The van der Waals surface area contributed by atoms with Gasteiger partial charge >= 0.3 is 0 Å². The zero-order chi connectivity index (χ0) is 11.5. The molecule has 2 unspecified atom stereocenters. The van der Waals surface area contributed by atoms with Gasteiger partial charge in [-0.15, -0.1) is 0 Å². The van der Waals surface area contributed by atoms with E-state index in [4.69, 9.17) is 21.1 Å². The average molecular weight is 306 g/mol. The van der Waals surface area contributed by atoms with Crippen LogP contribution in [0.25, 0.3) is 0 Å². The van der Waals surface area contributed by atoms with Gasteiger partial charge in [0.15, 0.2) is 0 Å². The number of hydrogen-bond acceptors (Lipinski definition) is 2. The smallest absolute Gasteiger partial charge is 0.123 e. The van der Waals surface area contributed by atoms with Crippen molar-refractivity contribution in [2.75, 3.05) is 13.7 Å². The maximum Gasteiger partial charge on any atom is 0.123 e. The SMILES string of the molecule is COc1ccc(Cl)cc1C(Br)C1CCCO1. The molecule has 0 aliphatic carbocycles. The van der Waals surface area contributed by atoms with E-state index in [9.17, 15) is 0 Å². The van der Waals surface area contributed by atoms with Gasteiger partial charge in [-0.25, -0.2) is 0 Å². The summed E-state index contributed by atoms with van der Waals surface area (Å²) in [6.07, 6.45) is 2.41. The minimum atomic E-state index is 0.142. The van der Waals surface area contributed by atoms with Gasteiger partial charge in [-0.1, -0.05) is 27.5 Å². The molecule has 1 saturated heterocycles. The van der Waals surface area contributed by atoms with Crippen LogP contribution in [-0.4, -0.2) is 19.8 Å². The summed E-state index contributed by atoms with van der Waals surface area (Å²) >= 11 is 9.68. The van der Waals surface area contributed by atoms with Crippen LogP contribution in [0.15, 0.2) is 18.2 Å². The molecule has 88 valence electrons. The molecule has 4 heteroatoms. The van der Waals surface area contributed by atoms with Gasteiger partial charge in [0.05, 0.1) is 18.0 Å². The van der Waals surface area contributed by atoms with Crippen LogP contribution in [0.1, 0.15) is 23.2 Å². The number of benzene rings is 1. The zero-order valence-electron chi connectivity index (χ0n) is 9.08. The Bertz CT molecular complexity index is 364. The minimum Gasteiger partial charge on any atom is -0.496 e. The van der Waals surface area contributed by atoms with Gasteiger partial charge in [-0.3, -0.25) is 0 Å². The normalized spacial score (nSPS) is 22.1. The number of hydrogen-bond donors (Lipinski definition) is 0. The second-order valence-electron chi connectivity index (χ2n) is 3.84. The summed E-state index contributed by atoms with van der Waals surface area (Å²) in [4.78, 5) is 0.142. The molecule has 0 radical (unpaired) electrons. The van der Waals surface area contributed by atoms with Crippen LogP contribution in [0.4, 0.5) is 0 Å². The van der Waals surface area contributed by atoms with Crippen LogP contribution in [0.5, 0.6) is 5.75 Å². The Labute approximate surface area is 109 Å². The first kappa shape index (κ1) is 12.2. The molecule has 2 nitrogen and oxygen atoms in total. The quantitative estimate of drug-likeness (QED) is 0.787. The highest BCUT2D eigenvalue weighted by Gasteiger charge is 2.27. The molecule has 0 N–H and O–H groups in total. The molecule has 1 fully saturated rings. The second kappa shape index (κ2) is 5.39. The Kier molecular flexibility index (Phi) is 4.11. The molecule has 0 bridgehead atoms. The average Bonchev–Trinajstić information content (AvgIpc) is 2.81. The van der Waals surface area contributed by atoms with E-state index in [1.165, 1.54) is 0 Å². The Balaban J connectivity index is 2.26. The van der Waals surface area contributed by atoms with E-state index in [-0.39, 0.29) is 10.9 Å². The molecular formula is C12H14BrClO2. The number of alkyl halides is 1. The lowest BCUT2D eigenvalue weighted by Crippen LogP contribution is -2.13. The minimum absolute atomic E-state index is 0.142. The molecule has 0 spiro atoms. The fourth-order valence-electron chi connectivity index (χ4n) is 1.95. The van der Waals surface area contributed by atoms with Gasteiger partial charge in [0.25, 0.3) is 0 Å². The van der Waals surface area contributed by atoms with Crippen LogP contribution >= 0.6 is 27.5 Å². The topological polar surface area (TPSA) is 18.5 Å². The van der Waals surface area contributed by atoms with Crippen LogP contribution in [0.3, 0.4) is 0 Å². The highest BCUT2D eigenvalue weighted by atomic mass is 79.9. The van der Waals surface area contributed by atoms with Crippen molar-refractivity contribution in [3.05, 3.63) is 28.8 Å². The molecule has 1 aromatic carbocycles. The third-order valence-corrected chi connectivity index (χ3v) is 4.10. The summed E-state index contributed by atoms with van der Waals surface area (Å²) in [5.74, 6) is 0.849. The predicted octanol–water partition coefficient (Wildman–Crippen LogP) is 3.96. The number of rotatable bonds is 3. The maximum absolute atomic E-state index is 6.01.